The van der Waals surface area contributed by atoms with E-state index in [4.69, 9.17) is 0 Å². The van der Waals surface area contributed by atoms with Crippen molar-refractivity contribution in [3.8, 4) is 0 Å². The Kier molecular flexibility index (Phi) is 1.76. The smallest absolute Gasteiger partial charge is 0.0221 e. The fourth-order valence-electron chi connectivity index (χ4n) is 1.32. The molecule has 1 aromatic carbocycles. The lowest BCUT2D eigenvalue weighted by atomic mass is 10.1. The molecule has 58 valence electrons. The first-order valence-corrected chi connectivity index (χ1v) is 4.89. The van der Waals surface area contributed by atoms with Crippen LogP contribution in [0.1, 0.15) is 23.5 Å². The maximum absolute atomic E-state index is 3.60. The van der Waals surface area contributed by atoms with Crippen LogP contribution in [0.5, 0.6) is 0 Å². The van der Waals surface area contributed by atoms with Crippen molar-refractivity contribution < 1.29 is 0 Å². The first kappa shape index (κ1) is 7.35. The van der Waals surface area contributed by atoms with Gasteiger partial charge in [-0.05, 0) is 24.8 Å². The molecule has 0 aliphatic heterocycles. The molecule has 11 heavy (non-hydrogen) atoms. The Hall–Kier alpha value is -0.300. The fraction of sp³-hybridized carbons (Fsp3) is 0.400. The highest BCUT2D eigenvalue weighted by atomic mass is 79.9. The van der Waals surface area contributed by atoms with Gasteiger partial charge in [-0.15, -0.1) is 0 Å². The highest BCUT2D eigenvalue weighted by molar-refractivity contribution is 9.09. The van der Waals surface area contributed by atoms with Gasteiger partial charge >= 0.3 is 0 Å². The van der Waals surface area contributed by atoms with Gasteiger partial charge in [0.05, 0.1) is 0 Å². The monoisotopic (exact) mass is 210 g/mol. The summed E-state index contributed by atoms with van der Waals surface area (Å²) in [5.41, 5.74) is 2.83. The van der Waals surface area contributed by atoms with Gasteiger partial charge in [0.25, 0.3) is 0 Å². The molecular weight excluding hydrogens is 200 g/mol. The van der Waals surface area contributed by atoms with Gasteiger partial charge in [-0.3, -0.25) is 0 Å². The summed E-state index contributed by atoms with van der Waals surface area (Å²) in [7, 11) is 0. The van der Waals surface area contributed by atoms with E-state index in [1.54, 1.807) is 0 Å². The molecule has 0 spiro atoms. The Morgan fingerprint density at radius 1 is 1.27 bits per heavy atom. The van der Waals surface area contributed by atoms with Gasteiger partial charge in [0.1, 0.15) is 0 Å². The summed E-state index contributed by atoms with van der Waals surface area (Å²) in [6, 6.07) is 8.85. The van der Waals surface area contributed by atoms with Crippen molar-refractivity contribution in [3.63, 3.8) is 0 Å². The summed E-state index contributed by atoms with van der Waals surface area (Å²) < 4.78 is 0. The minimum absolute atomic E-state index is 0.741. The first-order valence-electron chi connectivity index (χ1n) is 3.98. The van der Waals surface area contributed by atoms with Gasteiger partial charge in [-0.1, -0.05) is 45.8 Å². The Labute approximate surface area is 75.8 Å². The molecule has 0 saturated heterocycles. The van der Waals surface area contributed by atoms with E-state index in [2.05, 4.69) is 47.1 Å². The molecule has 0 N–H and O–H groups in total. The van der Waals surface area contributed by atoms with Crippen LogP contribution in [-0.2, 0) is 0 Å². The normalized spacial score (nSPS) is 28.5. The second-order valence-corrected chi connectivity index (χ2v) is 4.45. The lowest BCUT2D eigenvalue weighted by molar-refractivity contribution is 1.13. The standard InChI is InChI=1S/C10H11Br/c1-7-2-4-8(5-3-7)9-6-10(9)11/h2-5,9-10H,6H2,1H3. The van der Waals surface area contributed by atoms with Gasteiger partial charge in [-0.25, -0.2) is 0 Å². The zero-order chi connectivity index (χ0) is 7.84. The third-order valence-electron chi connectivity index (χ3n) is 2.22. The SMILES string of the molecule is Cc1ccc(C2CC2Br)cc1. The number of benzene rings is 1. The molecule has 1 saturated carbocycles. The van der Waals surface area contributed by atoms with E-state index in [1.807, 2.05) is 0 Å². The average molecular weight is 211 g/mol. The topological polar surface area (TPSA) is 0 Å². The van der Waals surface area contributed by atoms with Gasteiger partial charge in [0, 0.05) is 4.83 Å². The summed E-state index contributed by atoms with van der Waals surface area (Å²) in [6.45, 7) is 2.13. The Morgan fingerprint density at radius 2 is 1.82 bits per heavy atom. The van der Waals surface area contributed by atoms with E-state index in [-0.39, 0.29) is 0 Å². The number of alkyl halides is 1. The maximum atomic E-state index is 3.60. The van der Waals surface area contributed by atoms with Crippen LogP contribution < -0.4 is 0 Å². The molecule has 2 rings (SSSR count). The fourth-order valence-corrected chi connectivity index (χ4v) is 2.03. The highest BCUT2D eigenvalue weighted by Crippen LogP contribution is 2.46. The predicted molar refractivity (Wildman–Crippen MR) is 51.3 cm³/mol. The third kappa shape index (κ3) is 1.48. The van der Waals surface area contributed by atoms with Crippen LogP contribution in [0, 0.1) is 6.92 Å². The van der Waals surface area contributed by atoms with Crippen molar-refractivity contribution in [2.24, 2.45) is 0 Å². The summed E-state index contributed by atoms with van der Waals surface area (Å²) in [5.74, 6) is 0.788. The van der Waals surface area contributed by atoms with E-state index >= 15 is 0 Å². The van der Waals surface area contributed by atoms with Crippen molar-refractivity contribution in [1.82, 2.24) is 0 Å². The minimum Gasteiger partial charge on any atom is -0.0884 e. The molecule has 0 aromatic heterocycles. The van der Waals surface area contributed by atoms with Gasteiger partial charge < -0.3 is 0 Å². The summed E-state index contributed by atoms with van der Waals surface area (Å²) in [6.07, 6.45) is 1.31. The van der Waals surface area contributed by atoms with Crippen LogP contribution in [0.25, 0.3) is 0 Å². The molecule has 1 aliphatic carbocycles. The number of hydrogen-bond donors (Lipinski definition) is 0. The predicted octanol–water partition coefficient (Wildman–Crippen LogP) is 3.25. The number of hydrogen-bond acceptors (Lipinski definition) is 0. The molecule has 0 nitrogen and oxygen atoms in total. The molecule has 0 radical (unpaired) electrons. The largest absolute Gasteiger partial charge is 0.0884 e. The Balaban J connectivity index is 2.21. The summed E-state index contributed by atoms with van der Waals surface area (Å²) >= 11 is 3.60. The summed E-state index contributed by atoms with van der Waals surface area (Å²) in [5, 5.41) is 0. The maximum Gasteiger partial charge on any atom is 0.0221 e. The molecule has 0 bridgehead atoms. The zero-order valence-corrected chi connectivity index (χ0v) is 8.14. The molecule has 1 aliphatic rings. The second-order valence-electron chi connectivity index (χ2n) is 3.27. The van der Waals surface area contributed by atoms with Gasteiger partial charge in [-0.2, -0.15) is 0 Å². The van der Waals surface area contributed by atoms with Crippen LogP contribution in [0.15, 0.2) is 24.3 Å². The molecule has 1 heteroatoms. The minimum atomic E-state index is 0.741. The molecule has 1 aromatic rings. The molecule has 2 unspecified atom stereocenters. The number of halogens is 1. The van der Waals surface area contributed by atoms with E-state index < -0.39 is 0 Å². The van der Waals surface area contributed by atoms with E-state index in [0.29, 0.717) is 0 Å². The third-order valence-corrected chi connectivity index (χ3v) is 3.23. The van der Waals surface area contributed by atoms with Crippen LogP contribution in [0.2, 0.25) is 0 Å². The number of aryl methyl sites for hydroxylation is 1. The van der Waals surface area contributed by atoms with E-state index in [0.717, 1.165) is 10.7 Å². The molecule has 2 atom stereocenters. The zero-order valence-electron chi connectivity index (χ0n) is 6.55. The molecule has 0 heterocycles. The van der Waals surface area contributed by atoms with Gasteiger partial charge in [0.2, 0.25) is 0 Å². The van der Waals surface area contributed by atoms with Crippen LogP contribution in [-0.4, -0.2) is 4.83 Å². The van der Waals surface area contributed by atoms with Crippen LogP contribution in [0.4, 0.5) is 0 Å². The second kappa shape index (κ2) is 2.63. The quantitative estimate of drug-likeness (QED) is 0.625. The van der Waals surface area contributed by atoms with Crippen molar-refractivity contribution in [1.29, 1.82) is 0 Å². The van der Waals surface area contributed by atoms with E-state index in [1.165, 1.54) is 17.5 Å². The van der Waals surface area contributed by atoms with Crippen LogP contribution >= 0.6 is 15.9 Å². The van der Waals surface area contributed by atoms with Crippen molar-refractivity contribution >= 4 is 15.9 Å². The van der Waals surface area contributed by atoms with Crippen molar-refractivity contribution in [2.75, 3.05) is 0 Å². The van der Waals surface area contributed by atoms with Gasteiger partial charge in [0.15, 0.2) is 0 Å². The number of rotatable bonds is 1. The lowest BCUT2D eigenvalue weighted by Crippen LogP contribution is -1.81. The molecular formula is C10H11Br. The van der Waals surface area contributed by atoms with E-state index in [9.17, 15) is 0 Å². The van der Waals surface area contributed by atoms with Crippen LogP contribution in [0.3, 0.4) is 0 Å². The lowest BCUT2D eigenvalue weighted by Gasteiger charge is -1.97. The average Bonchev–Trinajstić information content (AvgIpc) is 2.69. The molecule has 0 amide bonds. The Bertz CT molecular complexity index is 250. The van der Waals surface area contributed by atoms with Crippen molar-refractivity contribution in [3.05, 3.63) is 35.4 Å². The summed E-state index contributed by atoms with van der Waals surface area (Å²) in [4.78, 5) is 0.741. The molecule has 1 fully saturated rings. The Morgan fingerprint density at radius 3 is 2.27 bits per heavy atom. The van der Waals surface area contributed by atoms with Crippen molar-refractivity contribution in [2.45, 2.75) is 24.1 Å². The highest BCUT2D eigenvalue weighted by Gasteiger charge is 2.35. The first-order chi connectivity index (χ1) is 5.27.